The first-order chi connectivity index (χ1) is 7.31. The van der Waals surface area contributed by atoms with Gasteiger partial charge in [-0.15, -0.1) is 0 Å². The van der Waals surface area contributed by atoms with E-state index in [4.69, 9.17) is 5.11 Å². The molecule has 1 aromatic carbocycles. The molecule has 2 atom stereocenters. The monoisotopic (exact) mass is 209 g/mol. The van der Waals surface area contributed by atoms with E-state index in [1.54, 1.807) is 6.07 Å². The van der Waals surface area contributed by atoms with Crippen LogP contribution in [0.15, 0.2) is 24.3 Å². The summed E-state index contributed by atoms with van der Waals surface area (Å²) in [6.07, 6.45) is 2.95. The quantitative estimate of drug-likeness (QED) is 0.780. The highest BCUT2D eigenvalue weighted by Crippen LogP contribution is 2.26. The Labute approximate surface area is 89.1 Å². The summed E-state index contributed by atoms with van der Waals surface area (Å²) >= 11 is 0. The largest absolute Gasteiger partial charge is 0.395 e. The smallest absolute Gasteiger partial charge is 0.127 e. The molecule has 1 aromatic rings. The van der Waals surface area contributed by atoms with Crippen LogP contribution in [-0.2, 0) is 0 Å². The lowest BCUT2D eigenvalue weighted by atomic mass is 9.93. The number of benzene rings is 1. The Bertz CT molecular complexity index is 329. The van der Waals surface area contributed by atoms with Crippen LogP contribution in [-0.4, -0.2) is 17.8 Å². The molecule has 1 saturated heterocycles. The highest BCUT2D eigenvalue weighted by molar-refractivity contribution is 5.21. The van der Waals surface area contributed by atoms with Crippen molar-refractivity contribution in [3.63, 3.8) is 0 Å². The van der Waals surface area contributed by atoms with E-state index in [9.17, 15) is 4.39 Å². The molecule has 82 valence electrons. The molecule has 2 rings (SSSR count). The van der Waals surface area contributed by atoms with Crippen LogP contribution in [0.1, 0.15) is 30.9 Å². The molecule has 1 fully saturated rings. The van der Waals surface area contributed by atoms with Crippen molar-refractivity contribution in [2.75, 3.05) is 6.61 Å². The van der Waals surface area contributed by atoms with Gasteiger partial charge >= 0.3 is 0 Å². The zero-order valence-electron chi connectivity index (χ0n) is 8.62. The van der Waals surface area contributed by atoms with Gasteiger partial charge < -0.3 is 10.4 Å². The maximum Gasteiger partial charge on any atom is 0.127 e. The summed E-state index contributed by atoms with van der Waals surface area (Å²) < 4.78 is 13.5. The minimum absolute atomic E-state index is 0.0529. The minimum Gasteiger partial charge on any atom is -0.395 e. The van der Waals surface area contributed by atoms with Crippen molar-refractivity contribution in [1.29, 1.82) is 0 Å². The van der Waals surface area contributed by atoms with Gasteiger partial charge in [-0.3, -0.25) is 0 Å². The second-order valence-corrected chi connectivity index (χ2v) is 4.05. The molecule has 0 aliphatic carbocycles. The lowest BCUT2D eigenvalue weighted by Crippen LogP contribution is -2.39. The fourth-order valence-electron chi connectivity index (χ4n) is 2.17. The van der Waals surface area contributed by atoms with Crippen molar-refractivity contribution in [2.24, 2.45) is 0 Å². The first kappa shape index (κ1) is 10.6. The third-order valence-electron chi connectivity index (χ3n) is 2.98. The lowest BCUT2D eigenvalue weighted by Gasteiger charge is -2.30. The van der Waals surface area contributed by atoms with Crippen molar-refractivity contribution in [3.05, 3.63) is 35.6 Å². The summed E-state index contributed by atoms with van der Waals surface area (Å²) in [5.41, 5.74) is 0.718. The summed E-state index contributed by atoms with van der Waals surface area (Å²) in [6, 6.07) is 7.01. The van der Waals surface area contributed by atoms with E-state index < -0.39 is 0 Å². The van der Waals surface area contributed by atoms with Crippen LogP contribution in [0.25, 0.3) is 0 Å². The van der Waals surface area contributed by atoms with Crippen LogP contribution < -0.4 is 5.32 Å². The first-order valence-electron chi connectivity index (χ1n) is 5.42. The standard InChI is InChI=1S/C12H16FNO/c13-11-6-2-1-5-10(11)12-7-3-4-9(8-15)14-12/h1-2,5-6,9,12,14-15H,3-4,7-8H2. The molecular weight excluding hydrogens is 193 g/mol. The van der Waals surface area contributed by atoms with Crippen molar-refractivity contribution in [1.82, 2.24) is 5.32 Å². The van der Waals surface area contributed by atoms with Crippen molar-refractivity contribution in [3.8, 4) is 0 Å². The molecule has 0 radical (unpaired) electrons. The predicted molar refractivity (Wildman–Crippen MR) is 57.0 cm³/mol. The molecule has 0 saturated carbocycles. The zero-order valence-corrected chi connectivity index (χ0v) is 8.62. The van der Waals surface area contributed by atoms with Gasteiger partial charge in [0.1, 0.15) is 5.82 Å². The van der Waals surface area contributed by atoms with Gasteiger partial charge in [0.05, 0.1) is 6.61 Å². The van der Waals surface area contributed by atoms with Crippen molar-refractivity contribution >= 4 is 0 Å². The van der Waals surface area contributed by atoms with Crippen LogP contribution in [0.3, 0.4) is 0 Å². The van der Waals surface area contributed by atoms with Gasteiger partial charge in [-0.2, -0.15) is 0 Å². The van der Waals surface area contributed by atoms with E-state index in [0.29, 0.717) is 0 Å². The van der Waals surface area contributed by atoms with E-state index in [1.807, 2.05) is 12.1 Å². The summed E-state index contributed by atoms with van der Waals surface area (Å²) in [6.45, 7) is 0.130. The van der Waals surface area contributed by atoms with E-state index in [-0.39, 0.29) is 24.5 Å². The van der Waals surface area contributed by atoms with Crippen LogP contribution >= 0.6 is 0 Å². The Kier molecular flexibility index (Phi) is 3.34. The average Bonchev–Trinajstić information content (AvgIpc) is 2.30. The van der Waals surface area contributed by atoms with Gasteiger partial charge in [0.15, 0.2) is 0 Å². The van der Waals surface area contributed by atoms with Crippen LogP contribution in [0.5, 0.6) is 0 Å². The van der Waals surface area contributed by atoms with Crippen LogP contribution in [0, 0.1) is 5.82 Å². The molecule has 2 nitrogen and oxygen atoms in total. The summed E-state index contributed by atoms with van der Waals surface area (Å²) in [5.74, 6) is -0.159. The van der Waals surface area contributed by atoms with Crippen LogP contribution in [0.4, 0.5) is 4.39 Å². The molecule has 1 aliphatic rings. The zero-order chi connectivity index (χ0) is 10.7. The maximum atomic E-state index is 13.5. The number of rotatable bonds is 2. The number of aliphatic hydroxyl groups excluding tert-OH is 1. The van der Waals surface area contributed by atoms with Gasteiger partial charge in [-0.1, -0.05) is 18.2 Å². The normalized spacial score (nSPS) is 26.5. The number of hydrogen-bond acceptors (Lipinski definition) is 2. The predicted octanol–water partition coefficient (Wildman–Crippen LogP) is 2.00. The SMILES string of the molecule is OCC1CCCC(c2ccccc2F)N1. The summed E-state index contributed by atoms with van der Waals surface area (Å²) in [5, 5.41) is 12.3. The van der Waals surface area contributed by atoms with Gasteiger partial charge in [0.2, 0.25) is 0 Å². The van der Waals surface area contributed by atoms with E-state index in [0.717, 1.165) is 24.8 Å². The Balaban J connectivity index is 2.13. The molecule has 2 unspecified atom stereocenters. The highest BCUT2D eigenvalue weighted by atomic mass is 19.1. The van der Waals surface area contributed by atoms with Crippen molar-refractivity contribution in [2.45, 2.75) is 31.3 Å². The Morgan fingerprint density at radius 3 is 2.87 bits per heavy atom. The summed E-state index contributed by atoms with van der Waals surface area (Å²) in [4.78, 5) is 0. The molecule has 2 N–H and O–H groups in total. The average molecular weight is 209 g/mol. The topological polar surface area (TPSA) is 32.3 Å². The molecule has 0 bridgehead atoms. The Morgan fingerprint density at radius 1 is 1.33 bits per heavy atom. The Morgan fingerprint density at radius 2 is 2.13 bits per heavy atom. The second kappa shape index (κ2) is 4.73. The van der Waals surface area contributed by atoms with Gasteiger partial charge in [-0.25, -0.2) is 4.39 Å². The fraction of sp³-hybridized carbons (Fsp3) is 0.500. The molecule has 1 aliphatic heterocycles. The number of hydrogen-bond donors (Lipinski definition) is 2. The van der Waals surface area contributed by atoms with E-state index in [1.165, 1.54) is 6.07 Å². The summed E-state index contributed by atoms with van der Waals surface area (Å²) in [7, 11) is 0. The molecule has 0 spiro atoms. The van der Waals surface area contributed by atoms with Gasteiger partial charge in [-0.05, 0) is 25.3 Å². The van der Waals surface area contributed by atoms with Crippen LogP contribution in [0.2, 0.25) is 0 Å². The third kappa shape index (κ3) is 2.36. The van der Waals surface area contributed by atoms with Crippen molar-refractivity contribution < 1.29 is 9.50 Å². The maximum absolute atomic E-state index is 13.5. The lowest BCUT2D eigenvalue weighted by molar-refractivity contribution is 0.197. The Hall–Kier alpha value is -0.930. The third-order valence-corrected chi connectivity index (χ3v) is 2.98. The minimum atomic E-state index is -0.159. The number of nitrogens with one attached hydrogen (secondary N) is 1. The second-order valence-electron chi connectivity index (χ2n) is 4.05. The number of aliphatic hydroxyl groups is 1. The fourth-order valence-corrected chi connectivity index (χ4v) is 2.17. The molecule has 1 heterocycles. The van der Waals surface area contributed by atoms with Gasteiger partial charge in [0.25, 0.3) is 0 Å². The molecule has 3 heteroatoms. The molecule has 15 heavy (non-hydrogen) atoms. The molecule has 0 aromatic heterocycles. The van der Waals surface area contributed by atoms with Gasteiger partial charge in [0, 0.05) is 17.6 Å². The number of halogens is 1. The molecule has 0 amide bonds. The number of piperidine rings is 1. The van der Waals surface area contributed by atoms with E-state index >= 15 is 0 Å². The molecular formula is C12H16FNO. The first-order valence-corrected chi connectivity index (χ1v) is 5.42. The van der Waals surface area contributed by atoms with E-state index in [2.05, 4.69) is 5.32 Å². The highest BCUT2D eigenvalue weighted by Gasteiger charge is 2.23.